The van der Waals surface area contributed by atoms with E-state index in [1.54, 1.807) is 16.0 Å². The lowest BCUT2D eigenvalue weighted by molar-refractivity contribution is -0.115. The molecule has 2 aromatic rings. The van der Waals surface area contributed by atoms with Gasteiger partial charge in [-0.05, 0) is 6.42 Å². The van der Waals surface area contributed by atoms with E-state index in [1.165, 1.54) is 0 Å². The van der Waals surface area contributed by atoms with Crippen LogP contribution in [-0.4, -0.2) is 20.7 Å². The molecule has 0 unspecified atom stereocenters. The third-order valence-electron chi connectivity index (χ3n) is 3.05. The Hall–Kier alpha value is -1.69. The minimum Gasteiger partial charge on any atom is -0.323 e. The first-order chi connectivity index (χ1) is 9.79. The first kappa shape index (κ1) is 15.7. The first-order valence-electron chi connectivity index (χ1n) is 7.07. The summed E-state index contributed by atoms with van der Waals surface area (Å²) < 4.78 is 1.72. The van der Waals surface area contributed by atoms with E-state index in [4.69, 9.17) is 0 Å². The van der Waals surface area contributed by atoms with Crippen molar-refractivity contribution < 1.29 is 4.79 Å². The molecule has 0 saturated heterocycles. The third-order valence-corrected chi connectivity index (χ3v) is 4.37. The van der Waals surface area contributed by atoms with Crippen LogP contribution in [0.15, 0.2) is 11.6 Å². The van der Waals surface area contributed by atoms with E-state index >= 15 is 0 Å². The first-order valence-corrected chi connectivity index (χ1v) is 7.94. The molecule has 2 rings (SSSR count). The van der Waals surface area contributed by atoms with Gasteiger partial charge < -0.3 is 5.32 Å². The maximum Gasteiger partial charge on any atom is 0.230 e. The summed E-state index contributed by atoms with van der Waals surface area (Å²) in [4.78, 5) is 16.7. The average Bonchev–Trinajstić information content (AvgIpc) is 2.95. The zero-order valence-corrected chi connectivity index (χ0v) is 14.0. The van der Waals surface area contributed by atoms with Crippen LogP contribution in [0.1, 0.15) is 44.1 Å². The number of amides is 1. The van der Waals surface area contributed by atoms with Crippen LogP contribution in [0.2, 0.25) is 0 Å². The second-order valence-corrected chi connectivity index (χ2v) is 6.99. The molecule has 0 aromatic carbocycles. The van der Waals surface area contributed by atoms with Crippen LogP contribution in [0.25, 0.3) is 0 Å². The molecule has 0 radical (unpaired) electrons. The van der Waals surface area contributed by atoms with Gasteiger partial charge in [0.2, 0.25) is 5.91 Å². The van der Waals surface area contributed by atoms with Gasteiger partial charge in [-0.3, -0.25) is 9.48 Å². The van der Waals surface area contributed by atoms with Crippen LogP contribution in [-0.2, 0) is 30.1 Å². The van der Waals surface area contributed by atoms with E-state index in [2.05, 4.69) is 36.2 Å². The Kier molecular flexibility index (Phi) is 4.46. The van der Waals surface area contributed by atoms with Crippen molar-refractivity contribution >= 4 is 22.9 Å². The van der Waals surface area contributed by atoms with Crippen molar-refractivity contribution in [1.29, 1.82) is 0 Å². The molecule has 5 nitrogen and oxygen atoms in total. The van der Waals surface area contributed by atoms with Crippen molar-refractivity contribution in [2.75, 3.05) is 5.32 Å². The highest BCUT2D eigenvalue weighted by Crippen LogP contribution is 2.25. The minimum absolute atomic E-state index is 0.0259. The van der Waals surface area contributed by atoms with Crippen LogP contribution in [0.4, 0.5) is 5.69 Å². The fraction of sp³-hybridized carbons (Fsp3) is 0.533. The molecule has 0 spiro atoms. The average molecular weight is 306 g/mol. The van der Waals surface area contributed by atoms with Gasteiger partial charge in [-0.25, -0.2) is 4.98 Å². The Labute approximate surface area is 129 Å². The Morgan fingerprint density at radius 3 is 2.71 bits per heavy atom. The topological polar surface area (TPSA) is 59.8 Å². The molecule has 0 aliphatic rings. The number of aryl methyl sites for hydroxylation is 2. The Bertz CT molecular complexity index is 636. The Balaban J connectivity index is 2.03. The fourth-order valence-corrected chi connectivity index (χ4v) is 2.90. The summed E-state index contributed by atoms with van der Waals surface area (Å²) in [6.07, 6.45) is 2.92. The Morgan fingerprint density at radius 2 is 2.14 bits per heavy atom. The number of aromatic nitrogens is 3. The number of anilines is 1. The third kappa shape index (κ3) is 3.91. The number of nitrogens with zero attached hydrogens (tertiary/aromatic N) is 3. The van der Waals surface area contributed by atoms with Crippen LogP contribution in [0.3, 0.4) is 0 Å². The molecule has 1 amide bonds. The molecule has 0 aliphatic carbocycles. The van der Waals surface area contributed by atoms with Gasteiger partial charge in [0.05, 0.1) is 28.5 Å². The summed E-state index contributed by atoms with van der Waals surface area (Å²) in [5.74, 6) is -0.0524. The molecule has 0 aliphatic heterocycles. The maximum absolute atomic E-state index is 12.1. The van der Waals surface area contributed by atoms with Crippen molar-refractivity contribution in [1.82, 2.24) is 14.8 Å². The van der Waals surface area contributed by atoms with Crippen molar-refractivity contribution in [3.8, 4) is 0 Å². The number of carbonyl (C=O) groups is 1. The second kappa shape index (κ2) is 5.97. The molecule has 21 heavy (non-hydrogen) atoms. The molecule has 6 heteroatoms. The molecular formula is C15H22N4OS. The van der Waals surface area contributed by atoms with Crippen molar-refractivity contribution in [3.63, 3.8) is 0 Å². The molecule has 2 aromatic heterocycles. The SMILES string of the molecule is CCc1nn(C)cc1NC(=O)Cc1csc(C(C)(C)C)n1. The van der Waals surface area contributed by atoms with Gasteiger partial charge in [-0.15, -0.1) is 11.3 Å². The van der Waals surface area contributed by atoms with E-state index in [0.717, 1.165) is 28.5 Å². The van der Waals surface area contributed by atoms with Gasteiger partial charge in [-0.2, -0.15) is 5.10 Å². The highest BCUT2D eigenvalue weighted by molar-refractivity contribution is 7.09. The van der Waals surface area contributed by atoms with E-state index in [-0.39, 0.29) is 11.3 Å². The summed E-state index contributed by atoms with van der Waals surface area (Å²) in [5.41, 5.74) is 2.54. The minimum atomic E-state index is -0.0524. The zero-order chi connectivity index (χ0) is 15.6. The lowest BCUT2D eigenvalue weighted by Crippen LogP contribution is -2.16. The number of hydrogen-bond acceptors (Lipinski definition) is 4. The lowest BCUT2D eigenvalue weighted by atomic mass is 9.98. The molecule has 0 bridgehead atoms. The van der Waals surface area contributed by atoms with Crippen LogP contribution < -0.4 is 5.32 Å². The molecule has 0 fully saturated rings. The molecule has 2 heterocycles. The lowest BCUT2D eigenvalue weighted by Gasteiger charge is -2.13. The van der Waals surface area contributed by atoms with Crippen molar-refractivity contribution in [2.45, 2.75) is 46.0 Å². The van der Waals surface area contributed by atoms with E-state index in [0.29, 0.717) is 6.42 Å². The predicted octanol–water partition coefficient (Wildman–Crippen LogP) is 2.92. The largest absolute Gasteiger partial charge is 0.323 e. The van der Waals surface area contributed by atoms with Crippen LogP contribution in [0, 0.1) is 0 Å². The van der Waals surface area contributed by atoms with Crippen LogP contribution >= 0.6 is 11.3 Å². The normalized spacial score (nSPS) is 11.7. The number of hydrogen-bond donors (Lipinski definition) is 1. The van der Waals surface area contributed by atoms with Crippen LogP contribution in [0.5, 0.6) is 0 Å². The second-order valence-electron chi connectivity index (χ2n) is 6.14. The molecule has 114 valence electrons. The molecule has 0 saturated carbocycles. The summed E-state index contributed by atoms with van der Waals surface area (Å²) in [7, 11) is 1.85. The maximum atomic E-state index is 12.1. The summed E-state index contributed by atoms with van der Waals surface area (Å²) in [5, 5.41) is 10.3. The number of nitrogens with one attached hydrogen (secondary N) is 1. The zero-order valence-electron chi connectivity index (χ0n) is 13.2. The van der Waals surface area contributed by atoms with Gasteiger partial charge in [-0.1, -0.05) is 27.7 Å². The number of rotatable bonds is 4. The summed E-state index contributed by atoms with van der Waals surface area (Å²) >= 11 is 1.61. The van der Waals surface area contributed by atoms with E-state index < -0.39 is 0 Å². The number of carbonyl (C=O) groups excluding carboxylic acids is 1. The highest BCUT2D eigenvalue weighted by atomic mass is 32.1. The fourth-order valence-electron chi connectivity index (χ4n) is 1.99. The van der Waals surface area contributed by atoms with Gasteiger partial charge in [0.1, 0.15) is 0 Å². The highest BCUT2D eigenvalue weighted by Gasteiger charge is 2.19. The molecular weight excluding hydrogens is 284 g/mol. The molecule has 1 N–H and O–H groups in total. The van der Waals surface area contributed by atoms with Gasteiger partial charge in [0, 0.05) is 24.0 Å². The van der Waals surface area contributed by atoms with Crippen molar-refractivity contribution in [2.24, 2.45) is 7.05 Å². The smallest absolute Gasteiger partial charge is 0.230 e. The van der Waals surface area contributed by atoms with E-state index in [9.17, 15) is 4.79 Å². The Morgan fingerprint density at radius 1 is 1.43 bits per heavy atom. The van der Waals surface area contributed by atoms with Gasteiger partial charge in [0.15, 0.2) is 0 Å². The summed E-state index contributed by atoms with van der Waals surface area (Å²) in [6, 6.07) is 0. The van der Waals surface area contributed by atoms with Crippen molar-refractivity contribution in [3.05, 3.63) is 28.0 Å². The predicted molar refractivity (Wildman–Crippen MR) is 85.7 cm³/mol. The van der Waals surface area contributed by atoms with Gasteiger partial charge in [0.25, 0.3) is 0 Å². The standard InChI is InChI=1S/C15H22N4OS/c1-6-11-12(8-19(5)18-11)17-13(20)7-10-9-21-14(16-10)15(2,3)4/h8-9H,6-7H2,1-5H3,(H,17,20). The van der Waals surface area contributed by atoms with Gasteiger partial charge >= 0.3 is 0 Å². The quantitative estimate of drug-likeness (QED) is 0.945. The number of thiazole rings is 1. The molecule has 0 atom stereocenters. The monoisotopic (exact) mass is 306 g/mol. The van der Waals surface area contributed by atoms with E-state index in [1.807, 2.05) is 25.5 Å². The summed E-state index contributed by atoms with van der Waals surface area (Å²) in [6.45, 7) is 8.39.